The molecule has 0 rings (SSSR count). The van der Waals surface area contributed by atoms with E-state index in [1.54, 1.807) is 0 Å². The summed E-state index contributed by atoms with van der Waals surface area (Å²) in [6.07, 6.45) is -5.16. The third-order valence-corrected chi connectivity index (χ3v) is 2.29. The molecule has 0 unspecified atom stereocenters. The van der Waals surface area contributed by atoms with Crippen molar-refractivity contribution in [2.24, 2.45) is 5.73 Å². The van der Waals surface area contributed by atoms with Crippen LogP contribution >= 0.6 is 7.82 Å². The molecule has 10 heteroatoms. The molecule has 0 heterocycles. The van der Waals surface area contributed by atoms with E-state index in [4.69, 9.17) is 20.6 Å². The number of aliphatic hydroxyl groups is 4. The van der Waals surface area contributed by atoms with E-state index < -0.39 is 45.4 Å². The van der Waals surface area contributed by atoms with Crippen LogP contribution in [0.5, 0.6) is 0 Å². The van der Waals surface area contributed by atoms with Crippen molar-refractivity contribution in [1.29, 1.82) is 0 Å². The molecule has 9 nitrogen and oxygen atoms in total. The maximum Gasteiger partial charge on any atom is 0.469 e. The molecule has 0 saturated heterocycles. The fourth-order valence-electron chi connectivity index (χ4n) is 0.861. The predicted molar refractivity (Wildman–Crippen MR) is 51.1 cm³/mol. The van der Waals surface area contributed by atoms with Crippen molar-refractivity contribution in [2.75, 3.05) is 13.2 Å². The van der Waals surface area contributed by atoms with E-state index >= 15 is 0 Å². The van der Waals surface area contributed by atoms with Crippen LogP contribution in [0, 0.1) is 0 Å². The number of aliphatic hydroxyl groups excluding tert-OH is 4. The van der Waals surface area contributed by atoms with Crippen molar-refractivity contribution in [3.8, 4) is 0 Å². The third-order valence-electron chi connectivity index (χ3n) is 1.81. The first-order chi connectivity index (χ1) is 7.19. The molecular formula is C6H16NO8P. The van der Waals surface area contributed by atoms with E-state index in [1.807, 2.05) is 0 Å². The Labute approximate surface area is 91.3 Å². The van der Waals surface area contributed by atoms with Gasteiger partial charge in [0.15, 0.2) is 0 Å². The van der Waals surface area contributed by atoms with E-state index in [1.165, 1.54) is 0 Å². The summed E-state index contributed by atoms with van der Waals surface area (Å²) in [5, 5.41) is 36.2. The molecule has 0 aromatic carbocycles. The minimum absolute atomic E-state index is 0.621. The molecule has 0 bridgehead atoms. The number of nitrogens with two attached hydrogens (primary N) is 1. The summed E-state index contributed by atoms with van der Waals surface area (Å²) < 4.78 is 14.2. The summed E-state index contributed by atoms with van der Waals surface area (Å²) in [6.45, 7) is -1.50. The largest absolute Gasteiger partial charge is 0.469 e. The van der Waals surface area contributed by atoms with Crippen LogP contribution in [0.15, 0.2) is 0 Å². The monoisotopic (exact) mass is 261 g/mol. The van der Waals surface area contributed by atoms with Crippen LogP contribution in [-0.4, -0.2) is 67.8 Å². The highest BCUT2D eigenvalue weighted by Crippen LogP contribution is 2.35. The van der Waals surface area contributed by atoms with Gasteiger partial charge in [-0.05, 0) is 0 Å². The maximum absolute atomic E-state index is 10.3. The second-order valence-corrected chi connectivity index (χ2v) is 4.42. The summed E-state index contributed by atoms with van der Waals surface area (Å²) in [6, 6.07) is -1.18. The Morgan fingerprint density at radius 2 is 1.69 bits per heavy atom. The molecular weight excluding hydrogens is 245 g/mol. The number of hydrogen-bond acceptors (Lipinski definition) is 7. The van der Waals surface area contributed by atoms with Gasteiger partial charge in [-0.2, -0.15) is 0 Å². The van der Waals surface area contributed by atoms with Crippen LogP contribution in [0.1, 0.15) is 0 Å². The average Bonchev–Trinajstić information content (AvgIpc) is 2.21. The molecule has 0 radical (unpaired) electrons. The molecule has 0 aromatic rings. The Kier molecular flexibility index (Phi) is 6.56. The number of phosphoric ester groups is 1. The van der Waals surface area contributed by atoms with Gasteiger partial charge < -0.3 is 35.9 Å². The normalized spacial score (nSPS) is 20.2. The van der Waals surface area contributed by atoms with Gasteiger partial charge in [-0.15, -0.1) is 0 Å². The van der Waals surface area contributed by atoms with E-state index in [-0.39, 0.29) is 0 Å². The van der Waals surface area contributed by atoms with Crippen LogP contribution in [0.25, 0.3) is 0 Å². The van der Waals surface area contributed by atoms with Crippen LogP contribution in [-0.2, 0) is 9.09 Å². The molecule has 0 fully saturated rings. The van der Waals surface area contributed by atoms with Crippen LogP contribution in [0.3, 0.4) is 0 Å². The lowest BCUT2D eigenvalue weighted by atomic mass is 10.0. The second-order valence-electron chi connectivity index (χ2n) is 3.18. The molecule has 8 N–H and O–H groups in total. The van der Waals surface area contributed by atoms with E-state index in [9.17, 15) is 19.9 Å². The van der Waals surface area contributed by atoms with Crippen LogP contribution in [0.2, 0.25) is 0 Å². The van der Waals surface area contributed by atoms with Crippen molar-refractivity contribution in [1.82, 2.24) is 0 Å². The lowest BCUT2D eigenvalue weighted by Crippen LogP contribution is -2.50. The third kappa shape index (κ3) is 5.85. The first-order valence-electron chi connectivity index (χ1n) is 4.29. The number of rotatable bonds is 7. The standard InChI is InChI=1S/C6H16NO8P/c7-3(1-8)5(10)6(11)4(9)2-15-16(12,13)14/h3-6,8-11H,1-2,7H2,(H2,12,13,14)/t3-,4-,5+,6+/m1/s1. The highest BCUT2D eigenvalue weighted by Gasteiger charge is 2.30. The molecule has 98 valence electrons. The van der Waals surface area contributed by atoms with Crippen molar-refractivity contribution < 1.29 is 39.3 Å². The van der Waals surface area contributed by atoms with E-state index in [2.05, 4.69) is 4.52 Å². The molecule has 0 aliphatic carbocycles. The summed E-state index contributed by atoms with van der Waals surface area (Å²) >= 11 is 0. The van der Waals surface area contributed by atoms with Gasteiger partial charge in [0.1, 0.15) is 12.2 Å². The van der Waals surface area contributed by atoms with Gasteiger partial charge in [0.25, 0.3) is 0 Å². The quantitative estimate of drug-likeness (QED) is 0.229. The van der Waals surface area contributed by atoms with Gasteiger partial charge in [0, 0.05) is 0 Å². The zero-order chi connectivity index (χ0) is 12.9. The van der Waals surface area contributed by atoms with Crippen LogP contribution < -0.4 is 5.73 Å². The zero-order valence-corrected chi connectivity index (χ0v) is 9.14. The van der Waals surface area contributed by atoms with Gasteiger partial charge in [0.05, 0.1) is 25.4 Å². The Balaban J connectivity index is 4.17. The molecule has 0 amide bonds. The van der Waals surface area contributed by atoms with E-state index in [0.29, 0.717) is 0 Å². The van der Waals surface area contributed by atoms with Crippen molar-refractivity contribution in [3.63, 3.8) is 0 Å². The highest BCUT2D eigenvalue weighted by molar-refractivity contribution is 7.46. The molecule has 4 atom stereocenters. The van der Waals surface area contributed by atoms with Crippen molar-refractivity contribution in [3.05, 3.63) is 0 Å². The molecule has 0 aliphatic heterocycles. The summed E-state index contributed by atoms with van der Waals surface area (Å²) in [5.74, 6) is 0. The summed E-state index contributed by atoms with van der Waals surface area (Å²) in [4.78, 5) is 16.6. The fraction of sp³-hybridized carbons (Fsp3) is 1.00. The molecule has 0 saturated carbocycles. The Morgan fingerprint density at radius 3 is 2.06 bits per heavy atom. The summed E-state index contributed by atoms with van der Waals surface area (Å²) in [5.41, 5.74) is 5.17. The van der Waals surface area contributed by atoms with Gasteiger partial charge in [0.2, 0.25) is 0 Å². The smallest absolute Gasteiger partial charge is 0.395 e. The SMILES string of the molecule is N[C@H](CO)[C@H](O)[C@@H](O)[C@H](O)COP(=O)(O)O. The summed E-state index contributed by atoms with van der Waals surface area (Å²) in [7, 11) is -4.75. The Morgan fingerprint density at radius 1 is 1.19 bits per heavy atom. The Bertz CT molecular complexity index is 245. The molecule has 0 aliphatic rings. The van der Waals surface area contributed by atoms with Crippen molar-refractivity contribution in [2.45, 2.75) is 24.4 Å². The van der Waals surface area contributed by atoms with Crippen molar-refractivity contribution >= 4 is 7.82 Å². The molecule has 0 spiro atoms. The lowest BCUT2D eigenvalue weighted by molar-refractivity contribution is -0.0863. The first-order valence-corrected chi connectivity index (χ1v) is 5.82. The van der Waals surface area contributed by atoms with Crippen LogP contribution in [0.4, 0.5) is 0 Å². The average molecular weight is 261 g/mol. The van der Waals surface area contributed by atoms with Gasteiger partial charge in [-0.25, -0.2) is 4.57 Å². The second kappa shape index (κ2) is 6.60. The topological polar surface area (TPSA) is 174 Å². The fourth-order valence-corrected chi connectivity index (χ4v) is 1.21. The first kappa shape index (κ1) is 15.9. The van der Waals surface area contributed by atoms with Gasteiger partial charge in [-0.3, -0.25) is 4.52 Å². The highest BCUT2D eigenvalue weighted by atomic mass is 31.2. The maximum atomic E-state index is 10.3. The van der Waals surface area contributed by atoms with E-state index in [0.717, 1.165) is 0 Å². The van der Waals surface area contributed by atoms with Gasteiger partial charge >= 0.3 is 7.82 Å². The van der Waals surface area contributed by atoms with Gasteiger partial charge in [-0.1, -0.05) is 0 Å². The minimum Gasteiger partial charge on any atom is -0.395 e. The lowest BCUT2D eigenvalue weighted by Gasteiger charge is -2.26. The molecule has 0 aromatic heterocycles. The number of phosphoric acid groups is 1. The Hall–Kier alpha value is -0.0900. The minimum atomic E-state index is -4.75. The number of hydrogen-bond donors (Lipinski definition) is 7. The predicted octanol–water partition coefficient (Wildman–Crippen LogP) is -3.50. The molecule has 16 heavy (non-hydrogen) atoms. The zero-order valence-electron chi connectivity index (χ0n) is 8.25.